The maximum atomic E-state index is 5.92. The minimum atomic E-state index is 0.151. The van der Waals surface area contributed by atoms with Gasteiger partial charge in [-0.2, -0.15) is 0 Å². The molecule has 0 radical (unpaired) electrons. The van der Waals surface area contributed by atoms with E-state index in [1.807, 2.05) is 26.1 Å². The highest BCUT2D eigenvalue weighted by molar-refractivity contribution is 6.20. The summed E-state index contributed by atoms with van der Waals surface area (Å²) in [4.78, 5) is 6.30. The molecule has 0 amide bonds. The maximum Gasteiger partial charge on any atom is 0.217 e. The summed E-state index contributed by atoms with van der Waals surface area (Å²) in [7, 11) is 3.67. The molecular formula is C11H17ClN2O. The monoisotopic (exact) mass is 228 g/mol. The summed E-state index contributed by atoms with van der Waals surface area (Å²) in [6, 6.07) is 3.93. The van der Waals surface area contributed by atoms with Crippen molar-refractivity contribution >= 4 is 11.6 Å². The van der Waals surface area contributed by atoms with Crippen molar-refractivity contribution in [3.63, 3.8) is 0 Å². The number of alkyl halides is 1. The maximum absolute atomic E-state index is 5.92. The van der Waals surface area contributed by atoms with Crippen molar-refractivity contribution in [1.29, 1.82) is 0 Å². The van der Waals surface area contributed by atoms with Crippen molar-refractivity contribution in [2.45, 2.75) is 18.8 Å². The van der Waals surface area contributed by atoms with Gasteiger partial charge in [-0.05, 0) is 20.0 Å². The average Bonchev–Trinajstić information content (AvgIpc) is 2.17. The molecule has 1 aromatic rings. The molecule has 0 saturated carbocycles. The van der Waals surface area contributed by atoms with Gasteiger partial charge >= 0.3 is 0 Å². The van der Waals surface area contributed by atoms with E-state index in [1.54, 1.807) is 13.3 Å². The van der Waals surface area contributed by atoms with Crippen LogP contribution in [0.1, 0.15) is 12.5 Å². The molecule has 0 N–H and O–H groups in total. The van der Waals surface area contributed by atoms with Gasteiger partial charge in [0.25, 0.3) is 0 Å². The van der Waals surface area contributed by atoms with Crippen LogP contribution in [0.15, 0.2) is 18.3 Å². The summed E-state index contributed by atoms with van der Waals surface area (Å²) < 4.78 is 5.18. The minimum Gasteiger partial charge on any atom is -0.481 e. The van der Waals surface area contributed by atoms with E-state index in [0.29, 0.717) is 5.88 Å². The Bertz CT molecular complexity index is 304. The van der Waals surface area contributed by atoms with E-state index in [0.717, 1.165) is 18.7 Å². The summed E-state index contributed by atoms with van der Waals surface area (Å²) in [5, 5.41) is 0.151. The highest BCUT2D eigenvalue weighted by Gasteiger charge is 2.08. The number of methoxy groups -OCH3 is 1. The van der Waals surface area contributed by atoms with Crippen molar-refractivity contribution in [3.05, 3.63) is 23.9 Å². The van der Waals surface area contributed by atoms with Gasteiger partial charge in [-0.3, -0.25) is 0 Å². The van der Waals surface area contributed by atoms with Crippen LogP contribution >= 0.6 is 11.6 Å². The molecule has 1 aromatic heterocycles. The SMILES string of the molecule is COc1ncccc1CN(C)CC(C)Cl. The van der Waals surface area contributed by atoms with Gasteiger partial charge in [0.2, 0.25) is 5.88 Å². The van der Waals surface area contributed by atoms with Gasteiger partial charge in [-0.15, -0.1) is 11.6 Å². The lowest BCUT2D eigenvalue weighted by Crippen LogP contribution is -2.24. The van der Waals surface area contributed by atoms with Crippen LogP contribution in [0.4, 0.5) is 0 Å². The Balaban J connectivity index is 2.63. The lowest BCUT2D eigenvalue weighted by molar-refractivity contribution is 0.316. The first-order chi connectivity index (χ1) is 7.13. The van der Waals surface area contributed by atoms with Gasteiger partial charge in [0.1, 0.15) is 0 Å². The van der Waals surface area contributed by atoms with Gasteiger partial charge in [0.05, 0.1) is 7.11 Å². The lowest BCUT2D eigenvalue weighted by atomic mass is 10.2. The van der Waals surface area contributed by atoms with Crippen molar-refractivity contribution in [3.8, 4) is 5.88 Å². The third kappa shape index (κ3) is 4.06. The quantitative estimate of drug-likeness (QED) is 0.723. The zero-order chi connectivity index (χ0) is 11.3. The van der Waals surface area contributed by atoms with Crippen LogP contribution in [-0.2, 0) is 6.54 Å². The Labute approximate surface area is 96.0 Å². The van der Waals surface area contributed by atoms with E-state index in [1.165, 1.54) is 0 Å². The van der Waals surface area contributed by atoms with Crippen LogP contribution in [-0.4, -0.2) is 36.0 Å². The molecule has 0 aliphatic rings. The summed E-state index contributed by atoms with van der Waals surface area (Å²) in [5.41, 5.74) is 1.08. The van der Waals surface area contributed by atoms with E-state index >= 15 is 0 Å². The molecule has 15 heavy (non-hydrogen) atoms. The van der Waals surface area contributed by atoms with Crippen molar-refractivity contribution in [2.75, 3.05) is 20.7 Å². The Kier molecular flexibility index (Phi) is 4.85. The van der Waals surface area contributed by atoms with Crippen LogP contribution in [0.3, 0.4) is 0 Å². The molecule has 1 rings (SSSR count). The summed E-state index contributed by atoms with van der Waals surface area (Å²) in [6.07, 6.45) is 1.73. The molecule has 0 spiro atoms. The first kappa shape index (κ1) is 12.3. The largest absolute Gasteiger partial charge is 0.481 e. The lowest BCUT2D eigenvalue weighted by Gasteiger charge is -2.18. The second kappa shape index (κ2) is 5.93. The summed E-state index contributed by atoms with van der Waals surface area (Å²) in [6.45, 7) is 3.63. The average molecular weight is 229 g/mol. The molecule has 1 atom stereocenters. The van der Waals surface area contributed by atoms with Crippen molar-refractivity contribution in [2.24, 2.45) is 0 Å². The van der Waals surface area contributed by atoms with E-state index in [4.69, 9.17) is 16.3 Å². The predicted octanol–water partition coefficient (Wildman–Crippen LogP) is 2.15. The first-order valence-electron chi connectivity index (χ1n) is 4.94. The van der Waals surface area contributed by atoms with Crippen LogP contribution in [0, 0.1) is 0 Å². The number of hydrogen-bond donors (Lipinski definition) is 0. The molecule has 0 fully saturated rings. The molecule has 1 unspecified atom stereocenters. The molecule has 1 heterocycles. The van der Waals surface area contributed by atoms with Crippen LogP contribution in [0.5, 0.6) is 5.88 Å². The topological polar surface area (TPSA) is 25.4 Å². The van der Waals surface area contributed by atoms with Gasteiger partial charge in [0.15, 0.2) is 0 Å². The fourth-order valence-electron chi connectivity index (χ4n) is 1.51. The first-order valence-corrected chi connectivity index (χ1v) is 5.37. The normalized spacial score (nSPS) is 12.9. The Hall–Kier alpha value is -0.800. The fourth-order valence-corrected chi connectivity index (χ4v) is 1.75. The third-order valence-electron chi connectivity index (χ3n) is 2.05. The van der Waals surface area contributed by atoms with E-state index in [2.05, 4.69) is 9.88 Å². The molecule has 4 heteroatoms. The number of rotatable bonds is 5. The molecular weight excluding hydrogens is 212 g/mol. The number of pyridine rings is 1. The number of ether oxygens (including phenoxy) is 1. The molecule has 0 bridgehead atoms. The summed E-state index contributed by atoms with van der Waals surface area (Å²) in [5.74, 6) is 0.687. The second-order valence-electron chi connectivity index (χ2n) is 3.65. The molecule has 0 aliphatic carbocycles. The Morgan fingerprint density at radius 3 is 2.93 bits per heavy atom. The minimum absolute atomic E-state index is 0.151. The summed E-state index contributed by atoms with van der Waals surface area (Å²) >= 11 is 5.92. The zero-order valence-corrected chi connectivity index (χ0v) is 10.2. The van der Waals surface area contributed by atoms with Gasteiger partial charge in [-0.1, -0.05) is 6.07 Å². The van der Waals surface area contributed by atoms with E-state index in [-0.39, 0.29) is 5.38 Å². The van der Waals surface area contributed by atoms with Crippen LogP contribution < -0.4 is 4.74 Å². The smallest absolute Gasteiger partial charge is 0.217 e. The van der Waals surface area contributed by atoms with Crippen molar-refractivity contribution < 1.29 is 4.74 Å². The molecule has 3 nitrogen and oxygen atoms in total. The van der Waals surface area contributed by atoms with Crippen LogP contribution in [0.2, 0.25) is 0 Å². The molecule has 0 aliphatic heterocycles. The number of nitrogens with zero attached hydrogens (tertiary/aromatic N) is 2. The fraction of sp³-hybridized carbons (Fsp3) is 0.545. The molecule has 0 saturated heterocycles. The van der Waals surface area contributed by atoms with Crippen LogP contribution in [0.25, 0.3) is 0 Å². The molecule has 0 aromatic carbocycles. The predicted molar refractivity (Wildman–Crippen MR) is 62.4 cm³/mol. The van der Waals surface area contributed by atoms with E-state index < -0.39 is 0 Å². The van der Waals surface area contributed by atoms with E-state index in [9.17, 15) is 0 Å². The number of hydrogen-bond acceptors (Lipinski definition) is 3. The highest BCUT2D eigenvalue weighted by atomic mass is 35.5. The second-order valence-corrected chi connectivity index (χ2v) is 4.39. The standard InChI is InChI=1S/C11H17ClN2O/c1-9(12)7-14(2)8-10-5-4-6-13-11(10)15-3/h4-6,9H,7-8H2,1-3H3. The Morgan fingerprint density at radius 2 is 2.33 bits per heavy atom. The molecule has 84 valence electrons. The number of aromatic nitrogens is 1. The van der Waals surface area contributed by atoms with Gasteiger partial charge in [0, 0.05) is 30.2 Å². The van der Waals surface area contributed by atoms with Gasteiger partial charge in [-0.25, -0.2) is 4.98 Å². The van der Waals surface area contributed by atoms with Gasteiger partial charge < -0.3 is 9.64 Å². The Morgan fingerprint density at radius 1 is 1.60 bits per heavy atom. The number of halogens is 1. The van der Waals surface area contributed by atoms with Crippen molar-refractivity contribution in [1.82, 2.24) is 9.88 Å². The third-order valence-corrected chi connectivity index (χ3v) is 2.18. The highest BCUT2D eigenvalue weighted by Crippen LogP contribution is 2.15. The zero-order valence-electron chi connectivity index (χ0n) is 9.40.